The molecule has 1 spiro atoms. The molecule has 1 saturated carbocycles. The summed E-state index contributed by atoms with van der Waals surface area (Å²) in [7, 11) is 0. The maximum atomic E-state index is 14.7. The number of alkyl halides is 1. The van der Waals surface area contributed by atoms with E-state index < -0.39 is 12.0 Å². The smallest absolute Gasteiger partial charge is 0.138 e. The van der Waals surface area contributed by atoms with Gasteiger partial charge in [0.1, 0.15) is 29.4 Å². The van der Waals surface area contributed by atoms with Crippen molar-refractivity contribution in [1.29, 1.82) is 0 Å². The van der Waals surface area contributed by atoms with Crippen LogP contribution >= 0.6 is 0 Å². The van der Waals surface area contributed by atoms with Crippen molar-refractivity contribution in [1.82, 2.24) is 15.0 Å². The topological polar surface area (TPSA) is 53.9 Å². The first kappa shape index (κ1) is 21.0. The lowest BCUT2D eigenvalue weighted by Crippen LogP contribution is -2.47. The molecule has 3 heterocycles. The summed E-state index contributed by atoms with van der Waals surface area (Å²) >= 11 is 0. The SMILES string of the molecule is Cc1nc(NCc2cccc(C(C)F)c2F)c2cc(N3CCCC4(CCC4)C3)ncc2n1. The zero-order chi connectivity index (χ0) is 22.3. The summed E-state index contributed by atoms with van der Waals surface area (Å²) in [4.78, 5) is 16.2. The molecule has 2 fully saturated rings. The van der Waals surface area contributed by atoms with Crippen molar-refractivity contribution >= 4 is 22.5 Å². The monoisotopic (exact) mass is 437 g/mol. The zero-order valence-electron chi connectivity index (χ0n) is 18.7. The van der Waals surface area contributed by atoms with Crippen molar-refractivity contribution in [3.8, 4) is 0 Å². The van der Waals surface area contributed by atoms with Gasteiger partial charge in [0, 0.05) is 36.1 Å². The molecular weight excluding hydrogens is 408 g/mol. The number of piperidine rings is 1. The lowest BCUT2D eigenvalue weighted by Gasteiger charge is -2.49. The number of pyridine rings is 1. The highest BCUT2D eigenvalue weighted by Gasteiger charge is 2.40. The minimum Gasteiger partial charge on any atom is -0.365 e. The van der Waals surface area contributed by atoms with Gasteiger partial charge >= 0.3 is 0 Å². The average molecular weight is 438 g/mol. The first-order chi connectivity index (χ1) is 15.4. The number of hydrogen-bond acceptors (Lipinski definition) is 5. The van der Waals surface area contributed by atoms with Crippen LogP contribution in [0.2, 0.25) is 0 Å². The van der Waals surface area contributed by atoms with Crippen molar-refractivity contribution in [3.05, 3.63) is 53.2 Å². The summed E-state index contributed by atoms with van der Waals surface area (Å²) in [5.74, 6) is 1.70. The van der Waals surface area contributed by atoms with E-state index in [9.17, 15) is 8.78 Å². The first-order valence-corrected chi connectivity index (χ1v) is 11.5. The standard InChI is InChI=1S/C25H29F2N5/c1-16(26)19-7-3-6-18(23(19)27)13-29-24-20-12-22(28-14-21(20)30-17(2)31-24)32-11-5-10-25(15-32)8-4-9-25/h3,6-7,12,14,16H,4-5,8-11,13,15H2,1-2H3,(H,29,30,31). The van der Waals surface area contributed by atoms with E-state index in [1.165, 1.54) is 45.1 Å². The molecule has 1 unspecified atom stereocenters. The van der Waals surface area contributed by atoms with Crippen LogP contribution in [0.4, 0.5) is 20.4 Å². The molecular formula is C25H29F2N5. The second kappa shape index (κ2) is 8.26. The van der Waals surface area contributed by atoms with Gasteiger partial charge in [-0.15, -0.1) is 0 Å². The van der Waals surface area contributed by atoms with Crippen LogP contribution in [0, 0.1) is 18.2 Å². The van der Waals surface area contributed by atoms with Crippen LogP contribution < -0.4 is 10.2 Å². The molecule has 5 nitrogen and oxygen atoms in total. The zero-order valence-corrected chi connectivity index (χ0v) is 18.7. The third-order valence-corrected chi connectivity index (χ3v) is 7.06. The second-order valence-electron chi connectivity index (χ2n) is 9.35. The Morgan fingerprint density at radius 3 is 2.75 bits per heavy atom. The van der Waals surface area contributed by atoms with Gasteiger partial charge in [0.2, 0.25) is 0 Å². The summed E-state index contributed by atoms with van der Waals surface area (Å²) < 4.78 is 28.4. The third kappa shape index (κ3) is 3.89. The minimum absolute atomic E-state index is 0.0783. The van der Waals surface area contributed by atoms with Crippen LogP contribution in [0.15, 0.2) is 30.5 Å². The normalized spacial score (nSPS) is 18.6. The molecule has 2 aliphatic rings. The van der Waals surface area contributed by atoms with Gasteiger partial charge in [0.25, 0.3) is 0 Å². The Morgan fingerprint density at radius 2 is 2.00 bits per heavy atom. The highest BCUT2D eigenvalue weighted by Crippen LogP contribution is 2.48. The fourth-order valence-electron chi connectivity index (χ4n) is 5.16. The summed E-state index contributed by atoms with van der Waals surface area (Å²) in [5, 5.41) is 4.13. The van der Waals surface area contributed by atoms with Crippen LogP contribution in [0.3, 0.4) is 0 Å². The predicted molar refractivity (Wildman–Crippen MR) is 123 cm³/mol. The lowest BCUT2D eigenvalue weighted by molar-refractivity contribution is 0.107. The Kier molecular flexibility index (Phi) is 5.43. The molecule has 168 valence electrons. The van der Waals surface area contributed by atoms with Crippen molar-refractivity contribution < 1.29 is 8.78 Å². The fraction of sp³-hybridized carbons (Fsp3) is 0.480. The number of aromatic nitrogens is 3. The average Bonchev–Trinajstić information content (AvgIpc) is 2.76. The van der Waals surface area contributed by atoms with E-state index in [0.29, 0.717) is 22.6 Å². The van der Waals surface area contributed by atoms with E-state index in [2.05, 4.69) is 20.2 Å². The molecule has 32 heavy (non-hydrogen) atoms. The highest BCUT2D eigenvalue weighted by molar-refractivity contribution is 5.90. The molecule has 0 amide bonds. The summed E-state index contributed by atoms with van der Waals surface area (Å²) in [5.41, 5.74) is 1.71. The summed E-state index contributed by atoms with van der Waals surface area (Å²) in [6.45, 7) is 5.45. The van der Waals surface area contributed by atoms with Gasteiger partial charge in [-0.2, -0.15) is 0 Å². The van der Waals surface area contributed by atoms with Gasteiger partial charge in [-0.05, 0) is 51.0 Å². The summed E-state index contributed by atoms with van der Waals surface area (Å²) in [6, 6.07) is 6.89. The number of halogens is 2. The largest absolute Gasteiger partial charge is 0.365 e. The Labute approximate surface area is 187 Å². The van der Waals surface area contributed by atoms with E-state index in [4.69, 9.17) is 4.98 Å². The molecule has 0 bridgehead atoms. The van der Waals surface area contributed by atoms with Gasteiger partial charge < -0.3 is 10.2 Å². The highest BCUT2D eigenvalue weighted by atomic mass is 19.1. The first-order valence-electron chi connectivity index (χ1n) is 11.5. The molecule has 0 radical (unpaired) electrons. The van der Waals surface area contributed by atoms with E-state index in [1.54, 1.807) is 18.3 Å². The van der Waals surface area contributed by atoms with Crippen molar-refractivity contribution in [2.24, 2.45) is 5.41 Å². The number of nitrogens with one attached hydrogen (secondary N) is 1. The van der Waals surface area contributed by atoms with Crippen molar-refractivity contribution in [3.63, 3.8) is 0 Å². The molecule has 1 N–H and O–H groups in total. The number of benzene rings is 1. The Hall–Kier alpha value is -2.83. The van der Waals surface area contributed by atoms with Gasteiger partial charge in [0.15, 0.2) is 0 Å². The van der Waals surface area contributed by atoms with Crippen molar-refractivity contribution in [2.75, 3.05) is 23.3 Å². The van der Waals surface area contributed by atoms with Crippen LogP contribution in [0.5, 0.6) is 0 Å². The molecule has 5 rings (SSSR count). The number of fused-ring (bicyclic) bond motifs is 1. The molecule has 1 saturated heterocycles. The molecule has 2 aromatic heterocycles. The Bertz CT molecular complexity index is 1140. The Morgan fingerprint density at radius 1 is 1.19 bits per heavy atom. The lowest BCUT2D eigenvalue weighted by atomic mass is 9.64. The number of rotatable bonds is 5. The Balaban J connectivity index is 1.44. The molecule has 3 aromatic rings. The van der Waals surface area contributed by atoms with Gasteiger partial charge in [0.05, 0.1) is 11.7 Å². The third-order valence-electron chi connectivity index (χ3n) is 7.06. The fourth-order valence-corrected chi connectivity index (χ4v) is 5.16. The maximum absolute atomic E-state index is 14.7. The second-order valence-corrected chi connectivity index (χ2v) is 9.35. The van der Waals surface area contributed by atoms with Crippen LogP contribution in [-0.2, 0) is 6.54 Å². The quantitative estimate of drug-likeness (QED) is 0.540. The van der Waals surface area contributed by atoms with Gasteiger partial charge in [-0.1, -0.05) is 24.6 Å². The van der Waals surface area contributed by atoms with E-state index in [0.717, 1.165) is 29.8 Å². The minimum atomic E-state index is -1.35. The molecule has 1 aliphatic carbocycles. The van der Waals surface area contributed by atoms with E-state index in [1.807, 2.05) is 13.0 Å². The molecule has 7 heteroatoms. The number of anilines is 2. The molecule has 1 aliphatic heterocycles. The van der Waals surface area contributed by atoms with Crippen LogP contribution in [-0.4, -0.2) is 28.0 Å². The molecule has 1 atom stereocenters. The maximum Gasteiger partial charge on any atom is 0.138 e. The predicted octanol–water partition coefficient (Wildman–Crippen LogP) is 5.89. The van der Waals surface area contributed by atoms with Gasteiger partial charge in [-0.25, -0.2) is 23.7 Å². The van der Waals surface area contributed by atoms with Crippen molar-refractivity contribution in [2.45, 2.75) is 58.7 Å². The van der Waals surface area contributed by atoms with Gasteiger partial charge in [-0.3, -0.25) is 0 Å². The molecule has 1 aromatic carbocycles. The number of aryl methyl sites for hydroxylation is 1. The van der Waals surface area contributed by atoms with Crippen LogP contribution in [0.25, 0.3) is 10.9 Å². The summed E-state index contributed by atoms with van der Waals surface area (Å²) in [6.07, 6.45) is 6.92. The number of nitrogens with zero attached hydrogens (tertiary/aromatic N) is 4. The van der Waals surface area contributed by atoms with E-state index in [-0.39, 0.29) is 12.1 Å². The van der Waals surface area contributed by atoms with Crippen LogP contribution in [0.1, 0.15) is 62.2 Å². The van der Waals surface area contributed by atoms with E-state index >= 15 is 0 Å². The number of hydrogen-bond donors (Lipinski definition) is 1.